The molecule has 2 aromatic heterocycles. The predicted octanol–water partition coefficient (Wildman–Crippen LogP) is 2.89. The number of piperidine rings is 1. The first-order chi connectivity index (χ1) is 14.3. The summed E-state index contributed by atoms with van der Waals surface area (Å²) in [6, 6.07) is 3.29. The molecule has 3 rings (SSSR count). The van der Waals surface area contributed by atoms with Crippen LogP contribution in [0.1, 0.15) is 54.4 Å². The number of rotatable bonds is 7. The Morgan fingerprint density at radius 3 is 2.67 bits per heavy atom. The van der Waals surface area contributed by atoms with Crippen LogP contribution < -0.4 is 5.73 Å². The molecule has 0 spiro atoms. The Kier molecular flexibility index (Phi) is 7.31. The number of hydrogen-bond donors (Lipinski definition) is 1. The molecule has 9 heteroatoms. The van der Waals surface area contributed by atoms with Crippen LogP contribution in [0.15, 0.2) is 18.3 Å². The first-order valence-corrected chi connectivity index (χ1v) is 10.6. The van der Waals surface area contributed by atoms with Crippen molar-refractivity contribution < 1.29 is 9.59 Å². The Morgan fingerprint density at radius 1 is 1.30 bits per heavy atom. The molecule has 1 aliphatic rings. The minimum atomic E-state index is -0.371. The number of nitrogens with zero attached hydrogens (tertiary/aromatic N) is 5. The number of likely N-dealkylation sites (tertiary alicyclic amines) is 1. The molecule has 0 saturated carbocycles. The van der Waals surface area contributed by atoms with E-state index in [9.17, 15) is 9.59 Å². The molecule has 2 N–H and O–H groups in total. The highest BCUT2D eigenvalue weighted by atomic mass is 35.5. The van der Waals surface area contributed by atoms with Gasteiger partial charge in [-0.1, -0.05) is 6.92 Å². The van der Waals surface area contributed by atoms with E-state index in [-0.39, 0.29) is 29.3 Å². The number of ketones is 1. The van der Waals surface area contributed by atoms with Crippen LogP contribution in [0.4, 0.5) is 5.82 Å². The van der Waals surface area contributed by atoms with Crippen molar-refractivity contribution in [3.63, 3.8) is 0 Å². The van der Waals surface area contributed by atoms with Gasteiger partial charge in [0.25, 0.3) is 0 Å². The highest BCUT2D eigenvalue weighted by Crippen LogP contribution is 2.26. The lowest BCUT2D eigenvalue weighted by molar-refractivity contribution is -0.136. The topological polar surface area (TPSA) is 115 Å². The van der Waals surface area contributed by atoms with Gasteiger partial charge in [-0.3, -0.25) is 9.59 Å². The van der Waals surface area contributed by atoms with Crippen LogP contribution in [0.2, 0.25) is 5.28 Å². The zero-order valence-electron chi connectivity index (χ0n) is 17.3. The number of amides is 1. The Hall–Kier alpha value is -2.61. The van der Waals surface area contributed by atoms with E-state index in [1.165, 1.54) is 6.20 Å². The van der Waals surface area contributed by atoms with Gasteiger partial charge in [0.1, 0.15) is 11.5 Å². The second kappa shape index (κ2) is 9.93. The molecule has 30 heavy (non-hydrogen) atoms. The quantitative estimate of drug-likeness (QED) is 0.530. The van der Waals surface area contributed by atoms with Gasteiger partial charge >= 0.3 is 0 Å². The number of Topliss-reactive ketones (excluding diaryl/α,β-unsaturated/α-hetero) is 1. The number of nitrogen functional groups attached to an aromatic ring is 1. The SMILES string of the molecule is Cc1nc(Cl)nc(N)c1CCC1CCN(C(=O)[C@H](C)CC(=O)c2cccnn2)CC1. The van der Waals surface area contributed by atoms with Gasteiger partial charge in [0.05, 0.1) is 0 Å². The monoisotopic (exact) mass is 430 g/mol. The van der Waals surface area contributed by atoms with Crippen LogP contribution >= 0.6 is 11.6 Å². The van der Waals surface area contributed by atoms with Crippen molar-refractivity contribution in [1.29, 1.82) is 0 Å². The fourth-order valence-corrected chi connectivity index (χ4v) is 4.13. The molecule has 160 valence electrons. The van der Waals surface area contributed by atoms with E-state index < -0.39 is 0 Å². The number of aromatic nitrogens is 4. The van der Waals surface area contributed by atoms with Crippen LogP contribution in [0.3, 0.4) is 0 Å². The van der Waals surface area contributed by atoms with Gasteiger partial charge < -0.3 is 10.6 Å². The van der Waals surface area contributed by atoms with Gasteiger partial charge in [-0.2, -0.15) is 5.10 Å². The van der Waals surface area contributed by atoms with E-state index in [1.54, 1.807) is 19.1 Å². The van der Waals surface area contributed by atoms with Gasteiger partial charge in [-0.25, -0.2) is 9.97 Å². The average molecular weight is 431 g/mol. The summed E-state index contributed by atoms with van der Waals surface area (Å²) in [5.74, 6) is 0.459. The number of nitrogens with two attached hydrogens (primary N) is 1. The maximum Gasteiger partial charge on any atom is 0.225 e. The number of aryl methyl sites for hydroxylation is 1. The summed E-state index contributed by atoms with van der Waals surface area (Å²) in [4.78, 5) is 35.1. The Balaban J connectivity index is 1.47. The third-order valence-corrected chi connectivity index (χ3v) is 5.89. The smallest absolute Gasteiger partial charge is 0.225 e. The van der Waals surface area contributed by atoms with Gasteiger partial charge in [-0.05, 0) is 62.3 Å². The fraction of sp³-hybridized carbons (Fsp3) is 0.524. The zero-order chi connectivity index (χ0) is 21.7. The maximum absolute atomic E-state index is 12.8. The molecule has 1 amide bonds. The van der Waals surface area contributed by atoms with Crippen LogP contribution in [-0.4, -0.2) is 49.8 Å². The summed E-state index contributed by atoms with van der Waals surface area (Å²) in [5, 5.41) is 7.72. The van der Waals surface area contributed by atoms with Crippen molar-refractivity contribution in [1.82, 2.24) is 25.1 Å². The average Bonchev–Trinajstić information content (AvgIpc) is 2.73. The molecule has 8 nitrogen and oxygen atoms in total. The molecule has 3 heterocycles. The third kappa shape index (κ3) is 5.50. The fourth-order valence-electron chi connectivity index (χ4n) is 3.91. The van der Waals surface area contributed by atoms with E-state index in [0.717, 1.165) is 36.9 Å². The van der Waals surface area contributed by atoms with E-state index in [2.05, 4.69) is 20.2 Å². The Bertz CT molecular complexity index is 877. The van der Waals surface area contributed by atoms with Gasteiger partial charge in [0.2, 0.25) is 11.2 Å². The van der Waals surface area contributed by atoms with Crippen LogP contribution in [0.25, 0.3) is 0 Å². The molecule has 1 aliphatic heterocycles. The van der Waals surface area contributed by atoms with Crippen molar-refractivity contribution in [2.45, 2.75) is 46.0 Å². The molecular weight excluding hydrogens is 404 g/mol. The van der Waals surface area contributed by atoms with Crippen molar-refractivity contribution >= 4 is 29.1 Å². The summed E-state index contributed by atoms with van der Waals surface area (Å²) in [6.07, 6.45) is 5.31. The predicted molar refractivity (Wildman–Crippen MR) is 114 cm³/mol. The molecule has 1 atom stereocenters. The first-order valence-electron chi connectivity index (χ1n) is 10.2. The largest absolute Gasteiger partial charge is 0.383 e. The van der Waals surface area contributed by atoms with Crippen LogP contribution in [0, 0.1) is 18.8 Å². The minimum Gasteiger partial charge on any atom is -0.383 e. The van der Waals surface area contributed by atoms with E-state index in [4.69, 9.17) is 17.3 Å². The standard InChI is InChI=1S/C21H27ClN6O2/c1-13(12-18(29)17-4-3-9-24-27-17)20(30)28-10-7-15(8-11-28)5-6-16-14(2)25-21(22)26-19(16)23/h3-4,9,13,15H,5-8,10-12H2,1-2H3,(H2,23,25,26)/t13-/m1/s1. The molecule has 0 aromatic carbocycles. The van der Waals surface area contributed by atoms with Crippen LogP contribution in [-0.2, 0) is 11.2 Å². The highest BCUT2D eigenvalue weighted by molar-refractivity contribution is 6.28. The molecular formula is C21H27ClN6O2. The first kappa shape index (κ1) is 22.1. The van der Waals surface area contributed by atoms with E-state index in [0.29, 0.717) is 30.5 Å². The molecule has 1 saturated heterocycles. The second-order valence-corrected chi connectivity index (χ2v) is 8.22. The second-order valence-electron chi connectivity index (χ2n) is 7.89. The summed E-state index contributed by atoms with van der Waals surface area (Å²) < 4.78 is 0. The molecule has 1 fully saturated rings. The number of hydrogen-bond acceptors (Lipinski definition) is 7. The van der Waals surface area contributed by atoms with Gasteiger partial charge in [0.15, 0.2) is 5.78 Å². The third-order valence-electron chi connectivity index (χ3n) is 5.72. The van der Waals surface area contributed by atoms with Gasteiger partial charge in [-0.15, -0.1) is 5.10 Å². The van der Waals surface area contributed by atoms with Crippen molar-refractivity contribution in [3.8, 4) is 0 Å². The van der Waals surface area contributed by atoms with Gasteiger partial charge in [0, 0.05) is 42.9 Å². The van der Waals surface area contributed by atoms with Crippen LogP contribution in [0.5, 0.6) is 0 Å². The lowest BCUT2D eigenvalue weighted by Gasteiger charge is -2.33. The molecule has 0 unspecified atom stereocenters. The van der Waals surface area contributed by atoms with Crippen molar-refractivity contribution in [3.05, 3.63) is 40.6 Å². The summed E-state index contributed by atoms with van der Waals surface area (Å²) in [5.41, 5.74) is 8.07. The number of halogens is 1. The lowest BCUT2D eigenvalue weighted by atomic mass is 9.89. The Morgan fingerprint density at radius 2 is 2.03 bits per heavy atom. The normalized spacial score (nSPS) is 15.8. The molecule has 0 bridgehead atoms. The number of carbonyl (C=O) groups is 2. The van der Waals surface area contributed by atoms with E-state index >= 15 is 0 Å². The maximum atomic E-state index is 12.8. The molecule has 2 aromatic rings. The highest BCUT2D eigenvalue weighted by Gasteiger charge is 2.28. The van der Waals surface area contributed by atoms with Crippen molar-refractivity contribution in [2.75, 3.05) is 18.8 Å². The number of carbonyl (C=O) groups excluding carboxylic acids is 2. The zero-order valence-corrected chi connectivity index (χ0v) is 18.1. The summed E-state index contributed by atoms with van der Waals surface area (Å²) >= 11 is 5.84. The molecule has 0 aliphatic carbocycles. The minimum absolute atomic E-state index is 0.0249. The Labute approximate surface area is 181 Å². The molecule has 0 radical (unpaired) electrons. The summed E-state index contributed by atoms with van der Waals surface area (Å²) in [6.45, 7) is 5.11. The number of anilines is 1. The lowest BCUT2D eigenvalue weighted by Crippen LogP contribution is -2.41. The van der Waals surface area contributed by atoms with E-state index in [1.807, 2.05) is 11.8 Å². The van der Waals surface area contributed by atoms with Crippen molar-refractivity contribution in [2.24, 2.45) is 11.8 Å². The summed E-state index contributed by atoms with van der Waals surface area (Å²) in [7, 11) is 0.